The van der Waals surface area contributed by atoms with E-state index in [1.165, 1.54) is 43.2 Å². The van der Waals surface area contributed by atoms with Crippen LogP contribution < -0.4 is 10.6 Å². The summed E-state index contributed by atoms with van der Waals surface area (Å²) in [6.07, 6.45) is 8.62. The largest absolute Gasteiger partial charge is 0.360 e. The van der Waals surface area contributed by atoms with Crippen LogP contribution >= 0.6 is 23.8 Å². The van der Waals surface area contributed by atoms with Crippen LogP contribution in [0.5, 0.6) is 0 Å². The second-order valence-electron chi connectivity index (χ2n) is 5.85. The molecule has 2 aliphatic rings. The summed E-state index contributed by atoms with van der Waals surface area (Å²) in [6, 6.07) is 7.03. The predicted octanol–water partition coefficient (Wildman–Crippen LogP) is 4.12. The summed E-state index contributed by atoms with van der Waals surface area (Å²) in [6.45, 7) is 0. The first-order valence-electron chi connectivity index (χ1n) is 7.58. The molecule has 0 spiro atoms. The Hall–Kier alpha value is -0.800. The van der Waals surface area contributed by atoms with Crippen LogP contribution in [0.3, 0.4) is 0 Å². The zero-order chi connectivity index (χ0) is 13.9. The van der Waals surface area contributed by atoms with Crippen molar-refractivity contribution in [1.29, 1.82) is 0 Å². The second-order valence-corrected chi connectivity index (χ2v) is 6.67. The molecule has 1 atom stereocenters. The van der Waals surface area contributed by atoms with Gasteiger partial charge in [0, 0.05) is 11.1 Å². The first-order valence-corrected chi connectivity index (χ1v) is 8.37. The number of rotatable bonds is 2. The lowest BCUT2D eigenvalue weighted by Crippen LogP contribution is -2.43. The van der Waals surface area contributed by atoms with Gasteiger partial charge < -0.3 is 10.6 Å². The SMILES string of the molecule is S=C(NC1CCCCC1)N[C@@H]1CCc2c(Cl)cccc21. The van der Waals surface area contributed by atoms with Gasteiger partial charge in [0.05, 0.1) is 6.04 Å². The van der Waals surface area contributed by atoms with Gasteiger partial charge in [0.1, 0.15) is 0 Å². The minimum Gasteiger partial charge on any atom is -0.360 e. The van der Waals surface area contributed by atoms with Crippen molar-refractivity contribution in [1.82, 2.24) is 10.6 Å². The summed E-state index contributed by atoms with van der Waals surface area (Å²) in [5, 5.41) is 8.64. The van der Waals surface area contributed by atoms with Crippen molar-refractivity contribution < 1.29 is 0 Å². The minimum absolute atomic E-state index is 0.312. The van der Waals surface area contributed by atoms with Gasteiger partial charge in [-0.25, -0.2) is 0 Å². The van der Waals surface area contributed by atoms with Gasteiger partial charge in [-0.05, 0) is 55.1 Å². The minimum atomic E-state index is 0.312. The van der Waals surface area contributed by atoms with Crippen LogP contribution in [0.1, 0.15) is 55.7 Å². The van der Waals surface area contributed by atoms with E-state index in [0.29, 0.717) is 12.1 Å². The molecule has 0 heterocycles. The number of hydrogen-bond donors (Lipinski definition) is 2. The van der Waals surface area contributed by atoms with E-state index in [1.54, 1.807) is 0 Å². The summed E-state index contributed by atoms with van der Waals surface area (Å²) in [7, 11) is 0. The number of fused-ring (bicyclic) bond motifs is 1. The molecule has 0 unspecified atom stereocenters. The molecule has 0 bridgehead atoms. The van der Waals surface area contributed by atoms with Crippen LogP contribution in [0.4, 0.5) is 0 Å². The average molecular weight is 309 g/mol. The summed E-state index contributed by atoms with van der Waals surface area (Å²) < 4.78 is 0. The summed E-state index contributed by atoms with van der Waals surface area (Å²) in [5.41, 5.74) is 2.59. The third-order valence-electron chi connectivity index (χ3n) is 4.46. The van der Waals surface area contributed by atoms with E-state index in [0.717, 1.165) is 23.0 Å². The molecule has 1 aromatic rings. The highest BCUT2D eigenvalue weighted by atomic mass is 35.5. The van der Waals surface area contributed by atoms with Gasteiger partial charge in [-0.1, -0.05) is 43.0 Å². The Labute approximate surface area is 131 Å². The van der Waals surface area contributed by atoms with Crippen LogP contribution in [0.15, 0.2) is 18.2 Å². The van der Waals surface area contributed by atoms with Crippen molar-refractivity contribution in [3.8, 4) is 0 Å². The molecule has 2 nitrogen and oxygen atoms in total. The van der Waals surface area contributed by atoms with Gasteiger partial charge in [-0.15, -0.1) is 0 Å². The summed E-state index contributed by atoms with van der Waals surface area (Å²) >= 11 is 11.7. The van der Waals surface area contributed by atoms with Crippen molar-refractivity contribution in [2.45, 2.75) is 57.0 Å². The number of hydrogen-bond acceptors (Lipinski definition) is 1. The zero-order valence-electron chi connectivity index (χ0n) is 11.6. The fraction of sp³-hybridized carbons (Fsp3) is 0.562. The Kier molecular flexibility index (Phi) is 4.47. The van der Waals surface area contributed by atoms with E-state index < -0.39 is 0 Å². The van der Waals surface area contributed by atoms with Crippen molar-refractivity contribution in [3.05, 3.63) is 34.3 Å². The molecule has 108 valence electrons. The van der Waals surface area contributed by atoms with E-state index in [9.17, 15) is 0 Å². The highest BCUT2D eigenvalue weighted by molar-refractivity contribution is 7.80. The fourth-order valence-corrected chi connectivity index (χ4v) is 3.98. The van der Waals surface area contributed by atoms with Gasteiger partial charge in [0.15, 0.2) is 5.11 Å². The number of halogens is 1. The quantitative estimate of drug-likeness (QED) is 0.804. The third kappa shape index (κ3) is 3.09. The van der Waals surface area contributed by atoms with Crippen LogP contribution in [-0.2, 0) is 6.42 Å². The Morgan fingerprint density at radius 3 is 2.70 bits per heavy atom. The summed E-state index contributed by atoms with van der Waals surface area (Å²) in [5.74, 6) is 0. The van der Waals surface area contributed by atoms with E-state index in [-0.39, 0.29) is 0 Å². The number of benzene rings is 1. The van der Waals surface area contributed by atoms with Gasteiger partial charge in [-0.2, -0.15) is 0 Å². The lowest BCUT2D eigenvalue weighted by molar-refractivity contribution is 0.410. The maximum absolute atomic E-state index is 6.25. The van der Waals surface area contributed by atoms with Crippen LogP contribution in [0.2, 0.25) is 5.02 Å². The predicted molar refractivity (Wildman–Crippen MR) is 88.3 cm³/mol. The molecule has 0 aromatic heterocycles. The normalized spacial score (nSPS) is 22.4. The highest BCUT2D eigenvalue weighted by Crippen LogP contribution is 2.35. The molecule has 4 heteroatoms. The van der Waals surface area contributed by atoms with E-state index in [4.69, 9.17) is 23.8 Å². The Bertz CT molecular complexity index is 497. The summed E-state index contributed by atoms with van der Waals surface area (Å²) in [4.78, 5) is 0. The Morgan fingerprint density at radius 2 is 1.90 bits per heavy atom. The smallest absolute Gasteiger partial charge is 0.166 e. The van der Waals surface area contributed by atoms with Crippen molar-refractivity contribution >= 4 is 28.9 Å². The molecule has 3 rings (SSSR count). The zero-order valence-corrected chi connectivity index (χ0v) is 13.2. The molecular formula is C16H21ClN2S. The topological polar surface area (TPSA) is 24.1 Å². The maximum atomic E-state index is 6.25. The first kappa shape index (κ1) is 14.2. The van der Waals surface area contributed by atoms with Crippen LogP contribution in [0, 0.1) is 0 Å². The molecule has 1 aromatic carbocycles. The molecule has 2 N–H and O–H groups in total. The molecule has 0 aliphatic heterocycles. The van der Waals surface area contributed by atoms with Crippen LogP contribution in [0.25, 0.3) is 0 Å². The first-order chi connectivity index (χ1) is 9.74. The third-order valence-corrected chi connectivity index (χ3v) is 5.05. The molecule has 0 radical (unpaired) electrons. The highest BCUT2D eigenvalue weighted by Gasteiger charge is 2.25. The average Bonchev–Trinajstić information content (AvgIpc) is 2.84. The molecule has 2 aliphatic carbocycles. The molecule has 1 fully saturated rings. The van der Waals surface area contributed by atoms with Gasteiger partial charge in [-0.3, -0.25) is 0 Å². The Morgan fingerprint density at radius 1 is 1.10 bits per heavy atom. The van der Waals surface area contributed by atoms with Gasteiger partial charge in [0.2, 0.25) is 0 Å². The van der Waals surface area contributed by atoms with E-state index in [2.05, 4.69) is 16.7 Å². The van der Waals surface area contributed by atoms with Crippen molar-refractivity contribution in [2.75, 3.05) is 0 Å². The standard InChI is InChI=1S/C16H21ClN2S/c17-14-8-4-7-13-12(14)9-10-15(13)19-16(20)18-11-5-2-1-3-6-11/h4,7-8,11,15H,1-3,5-6,9-10H2,(H2,18,19,20)/t15-/m1/s1. The van der Waals surface area contributed by atoms with E-state index in [1.807, 2.05) is 12.1 Å². The molecule has 1 saturated carbocycles. The Balaban J connectivity index is 1.59. The molecule has 20 heavy (non-hydrogen) atoms. The van der Waals surface area contributed by atoms with Gasteiger partial charge >= 0.3 is 0 Å². The molecule has 0 amide bonds. The van der Waals surface area contributed by atoms with Crippen LogP contribution in [-0.4, -0.2) is 11.2 Å². The number of nitrogens with one attached hydrogen (secondary N) is 2. The van der Waals surface area contributed by atoms with Crippen molar-refractivity contribution in [3.63, 3.8) is 0 Å². The van der Waals surface area contributed by atoms with E-state index >= 15 is 0 Å². The van der Waals surface area contributed by atoms with Crippen molar-refractivity contribution in [2.24, 2.45) is 0 Å². The fourth-order valence-electron chi connectivity index (χ4n) is 3.39. The number of thiocarbonyl (C=S) groups is 1. The van der Waals surface area contributed by atoms with Gasteiger partial charge in [0.25, 0.3) is 0 Å². The monoisotopic (exact) mass is 308 g/mol. The molecular weight excluding hydrogens is 288 g/mol. The maximum Gasteiger partial charge on any atom is 0.166 e. The lowest BCUT2D eigenvalue weighted by Gasteiger charge is -2.26. The lowest BCUT2D eigenvalue weighted by atomic mass is 9.96. The second kappa shape index (κ2) is 6.31. The molecule has 0 saturated heterocycles.